The smallest absolute Gasteiger partial charge is 0.294 e. The molecule has 0 spiro atoms. The zero-order valence-corrected chi connectivity index (χ0v) is 7.19. The lowest BCUT2D eigenvalue weighted by Gasteiger charge is -2.24. The van der Waals surface area contributed by atoms with Gasteiger partial charge >= 0.3 is 0 Å². The molecule has 0 radical (unpaired) electrons. The van der Waals surface area contributed by atoms with Crippen molar-refractivity contribution < 1.29 is 9.53 Å². The number of benzene rings is 1. The number of fused-ring (bicyclic) bond motifs is 1. The monoisotopic (exact) mass is 177 g/mol. The van der Waals surface area contributed by atoms with E-state index < -0.39 is 0 Å². The second-order valence-electron chi connectivity index (χ2n) is 3.02. The first-order valence-corrected chi connectivity index (χ1v) is 4.32. The van der Waals surface area contributed by atoms with Gasteiger partial charge in [0.2, 0.25) is 0 Å². The fourth-order valence-electron chi connectivity index (χ4n) is 1.64. The first-order chi connectivity index (χ1) is 6.42. The van der Waals surface area contributed by atoms with Crippen molar-refractivity contribution in [2.75, 3.05) is 6.54 Å². The summed E-state index contributed by atoms with van der Waals surface area (Å²) in [5, 5.41) is 3.12. The van der Waals surface area contributed by atoms with Gasteiger partial charge in [-0.2, -0.15) is 0 Å². The molecule has 0 unspecified atom stereocenters. The maximum Gasteiger partial charge on any atom is 0.294 e. The van der Waals surface area contributed by atoms with E-state index >= 15 is 0 Å². The Bertz CT molecular complexity index is 312. The van der Waals surface area contributed by atoms with Crippen LogP contribution in [0.2, 0.25) is 0 Å². The Labute approximate surface area is 76.7 Å². The van der Waals surface area contributed by atoms with Gasteiger partial charge in [0.05, 0.1) is 0 Å². The van der Waals surface area contributed by atoms with Gasteiger partial charge in [-0.1, -0.05) is 24.3 Å². The molecule has 1 aliphatic rings. The van der Waals surface area contributed by atoms with Crippen LogP contribution in [0.4, 0.5) is 0 Å². The number of ether oxygens (including phenoxy) is 1. The van der Waals surface area contributed by atoms with Crippen LogP contribution in [0.3, 0.4) is 0 Å². The SMILES string of the molecule is O=CO[C@H]1NCCc2ccccc21. The Kier molecular flexibility index (Phi) is 2.27. The highest BCUT2D eigenvalue weighted by atomic mass is 16.5. The summed E-state index contributed by atoms with van der Waals surface area (Å²) < 4.78 is 4.92. The van der Waals surface area contributed by atoms with Crippen molar-refractivity contribution in [1.82, 2.24) is 5.32 Å². The predicted molar refractivity (Wildman–Crippen MR) is 48.0 cm³/mol. The number of hydrogen-bond donors (Lipinski definition) is 1. The van der Waals surface area contributed by atoms with Gasteiger partial charge in [-0.15, -0.1) is 0 Å². The van der Waals surface area contributed by atoms with Gasteiger partial charge < -0.3 is 4.74 Å². The Morgan fingerprint density at radius 2 is 2.31 bits per heavy atom. The molecule has 1 N–H and O–H groups in total. The largest absolute Gasteiger partial charge is 0.444 e. The van der Waals surface area contributed by atoms with E-state index in [0.717, 1.165) is 18.5 Å². The lowest BCUT2D eigenvalue weighted by molar-refractivity contribution is -0.135. The van der Waals surface area contributed by atoms with Crippen LogP contribution in [0, 0.1) is 0 Å². The van der Waals surface area contributed by atoms with Crippen LogP contribution < -0.4 is 5.32 Å². The number of rotatable bonds is 2. The molecule has 1 heterocycles. The van der Waals surface area contributed by atoms with E-state index in [-0.39, 0.29) is 6.23 Å². The average Bonchev–Trinajstić information content (AvgIpc) is 2.19. The summed E-state index contributed by atoms with van der Waals surface area (Å²) >= 11 is 0. The van der Waals surface area contributed by atoms with E-state index in [2.05, 4.69) is 11.4 Å². The van der Waals surface area contributed by atoms with Gasteiger partial charge in [-0.25, -0.2) is 0 Å². The zero-order valence-electron chi connectivity index (χ0n) is 7.19. The molecule has 0 aromatic heterocycles. The van der Waals surface area contributed by atoms with Crippen molar-refractivity contribution in [3.05, 3.63) is 35.4 Å². The zero-order chi connectivity index (χ0) is 9.10. The molecule has 1 atom stereocenters. The van der Waals surface area contributed by atoms with Gasteiger partial charge in [-0.3, -0.25) is 10.1 Å². The average molecular weight is 177 g/mol. The molecule has 1 aromatic rings. The van der Waals surface area contributed by atoms with Crippen LogP contribution in [0.15, 0.2) is 24.3 Å². The molecule has 0 amide bonds. The summed E-state index contributed by atoms with van der Waals surface area (Å²) in [5.74, 6) is 0. The molecule has 1 aliphatic heterocycles. The van der Waals surface area contributed by atoms with E-state index in [1.807, 2.05) is 18.2 Å². The quantitative estimate of drug-likeness (QED) is 0.685. The van der Waals surface area contributed by atoms with Crippen LogP contribution in [0.1, 0.15) is 17.4 Å². The highest BCUT2D eigenvalue weighted by molar-refractivity contribution is 5.40. The standard InChI is InChI=1S/C10H11NO2/c12-7-13-10-9-4-2-1-3-8(9)5-6-11-10/h1-4,7,10-11H,5-6H2/t10-/m1/s1. The first-order valence-electron chi connectivity index (χ1n) is 4.32. The molecule has 0 fully saturated rings. The minimum Gasteiger partial charge on any atom is -0.444 e. The van der Waals surface area contributed by atoms with Crippen LogP contribution in [-0.4, -0.2) is 13.0 Å². The molecule has 3 heteroatoms. The number of hydrogen-bond acceptors (Lipinski definition) is 3. The maximum absolute atomic E-state index is 10.2. The predicted octanol–water partition coefficient (Wildman–Crippen LogP) is 1.00. The van der Waals surface area contributed by atoms with E-state index in [4.69, 9.17) is 4.74 Å². The molecule has 0 aliphatic carbocycles. The molecule has 3 nitrogen and oxygen atoms in total. The Hall–Kier alpha value is -1.35. The Morgan fingerprint density at radius 1 is 1.46 bits per heavy atom. The van der Waals surface area contributed by atoms with Crippen molar-refractivity contribution in [2.45, 2.75) is 12.6 Å². The third kappa shape index (κ3) is 1.55. The third-order valence-electron chi connectivity index (χ3n) is 2.25. The van der Waals surface area contributed by atoms with Crippen LogP contribution in [-0.2, 0) is 16.0 Å². The molecular formula is C10H11NO2. The van der Waals surface area contributed by atoms with Gasteiger partial charge in [0.15, 0.2) is 6.23 Å². The van der Waals surface area contributed by atoms with Crippen molar-refractivity contribution in [3.8, 4) is 0 Å². The van der Waals surface area contributed by atoms with Crippen molar-refractivity contribution in [3.63, 3.8) is 0 Å². The highest BCUT2D eigenvalue weighted by Gasteiger charge is 2.19. The van der Waals surface area contributed by atoms with E-state index in [0.29, 0.717) is 6.47 Å². The summed E-state index contributed by atoms with van der Waals surface area (Å²) in [7, 11) is 0. The van der Waals surface area contributed by atoms with E-state index in [1.54, 1.807) is 0 Å². The summed E-state index contributed by atoms with van der Waals surface area (Å²) in [4.78, 5) is 10.2. The van der Waals surface area contributed by atoms with E-state index in [9.17, 15) is 4.79 Å². The van der Waals surface area contributed by atoms with Crippen molar-refractivity contribution >= 4 is 6.47 Å². The van der Waals surface area contributed by atoms with Gasteiger partial charge in [0.1, 0.15) is 0 Å². The molecule has 68 valence electrons. The Morgan fingerprint density at radius 3 is 3.15 bits per heavy atom. The number of carbonyl (C=O) groups excluding carboxylic acids is 1. The lowest BCUT2D eigenvalue weighted by Crippen LogP contribution is -2.31. The van der Waals surface area contributed by atoms with Gasteiger partial charge in [0.25, 0.3) is 6.47 Å². The number of carbonyl (C=O) groups is 1. The lowest BCUT2D eigenvalue weighted by atomic mass is 10.00. The van der Waals surface area contributed by atoms with E-state index in [1.165, 1.54) is 5.56 Å². The molecule has 1 aromatic carbocycles. The topological polar surface area (TPSA) is 38.3 Å². The molecule has 2 rings (SSSR count). The van der Waals surface area contributed by atoms with Crippen LogP contribution in [0.5, 0.6) is 0 Å². The fourth-order valence-corrected chi connectivity index (χ4v) is 1.64. The minimum absolute atomic E-state index is 0.262. The summed E-state index contributed by atoms with van der Waals surface area (Å²) in [6.07, 6.45) is 0.733. The van der Waals surface area contributed by atoms with Crippen LogP contribution in [0.25, 0.3) is 0 Å². The fraction of sp³-hybridized carbons (Fsp3) is 0.300. The molecular weight excluding hydrogens is 166 g/mol. The van der Waals surface area contributed by atoms with Crippen molar-refractivity contribution in [2.24, 2.45) is 0 Å². The number of nitrogens with one attached hydrogen (secondary N) is 1. The normalized spacial score (nSPS) is 20.5. The summed E-state index contributed by atoms with van der Waals surface area (Å²) in [6, 6.07) is 8.00. The molecule has 0 saturated heterocycles. The van der Waals surface area contributed by atoms with Crippen LogP contribution >= 0.6 is 0 Å². The second-order valence-corrected chi connectivity index (χ2v) is 3.02. The molecule has 13 heavy (non-hydrogen) atoms. The van der Waals surface area contributed by atoms with Gasteiger partial charge in [0, 0.05) is 12.1 Å². The first kappa shape index (κ1) is 8.26. The summed E-state index contributed by atoms with van der Waals surface area (Å²) in [6.45, 7) is 1.34. The Balaban J connectivity index is 2.31. The second kappa shape index (κ2) is 3.58. The minimum atomic E-state index is -0.262. The maximum atomic E-state index is 10.2. The van der Waals surface area contributed by atoms with Crippen molar-refractivity contribution in [1.29, 1.82) is 0 Å². The highest BCUT2D eigenvalue weighted by Crippen LogP contribution is 2.22. The molecule has 0 saturated carbocycles. The van der Waals surface area contributed by atoms with Gasteiger partial charge in [-0.05, 0) is 12.0 Å². The molecule has 0 bridgehead atoms. The summed E-state index contributed by atoms with van der Waals surface area (Å²) in [5.41, 5.74) is 2.33. The third-order valence-corrected chi connectivity index (χ3v) is 2.25.